The van der Waals surface area contributed by atoms with Gasteiger partial charge < -0.3 is 11.1 Å². The van der Waals surface area contributed by atoms with Crippen molar-refractivity contribution in [3.8, 4) is 0 Å². The number of nitrogens with zero attached hydrogens (tertiary/aromatic N) is 2. The fraction of sp³-hybridized carbons (Fsp3) is 0.0769. The first-order valence-corrected chi connectivity index (χ1v) is 6.64. The number of pyridine rings is 1. The summed E-state index contributed by atoms with van der Waals surface area (Å²) in [6.45, 7) is 1.87. The van der Waals surface area contributed by atoms with E-state index in [4.69, 9.17) is 5.73 Å². The third-order valence-corrected chi connectivity index (χ3v) is 3.10. The van der Waals surface area contributed by atoms with E-state index >= 15 is 0 Å². The molecule has 0 unspecified atom stereocenters. The largest absolute Gasteiger partial charge is 0.384 e. The number of hydrogen-bond donors (Lipinski definition) is 2. The van der Waals surface area contributed by atoms with Gasteiger partial charge in [-0.1, -0.05) is 15.9 Å². The predicted molar refractivity (Wildman–Crippen MR) is 82.1 cm³/mol. The number of nitro groups is 1. The molecule has 1 amide bonds. The minimum atomic E-state index is -0.673. The van der Waals surface area contributed by atoms with Crippen LogP contribution < -0.4 is 11.1 Å². The Bertz CT molecular complexity index is 713. The highest BCUT2D eigenvalue weighted by Crippen LogP contribution is 2.23. The van der Waals surface area contributed by atoms with Crippen molar-refractivity contribution in [1.29, 1.82) is 0 Å². The average molecular weight is 351 g/mol. The Morgan fingerprint density at radius 1 is 1.38 bits per heavy atom. The number of aromatic nitrogens is 1. The van der Waals surface area contributed by atoms with Gasteiger partial charge in [0.2, 0.25) is 0 Å². The highest BCUT2D eigenvalue weighted by molar-refractivity contribution is 9.10. The van der Waals surface area contributed by atoms with Crippen LogP contribution in [-0.4, -0.2) is 15.8 Å². The van der Waals surface area contributed by atoms with Gasteiger partial charge in [-0.15, -0.1) is 0 Å². The molecule has 0 saturated heterocycles. The number of nitrogens with two attached hydrogens (primary N) is 1. The molecular formula is C13H11BrN4O3. The molecule has 0 radical (unpaired) electrons. The van der Waals surface area contributed by atoms with Gasteiger partial charge in [0.25, 0.3) is 11.6 Å². The third-order valence-electron chi connectivity index (χ3n) is 2.65. The lowest BCUT2D eigenvalue weighted by molar-refractivity contribution is -0.385. The van der Waals surface area contributed by atoms with E-state index in [2.05, 4.69) is 26.2 Å². The SMILES string of the molecule is Cc1cc(Br)cc(NC(=O)c2cc(N)ncc2[N+](=O)[O-])c1. The number of amides is 1. The number of benzene rings is 1. The van der Waals surface area contributed by atoms with Crippen LogP contribution >= 0.6 is 15.9 Å². The first kappa shape index (κ1) is 14.9. The lowest BCUT2D eigenvalue weighted by Gasteiger charge is -2.08. The van der Waals surface area contributed by atoms with Crippen LogP contribution in [0.2, 0.25) is 0 Å². The van der Waals surface area contributed by atoms with Gasteiger partial charge in [0.1, 0.15) is 17.6 Å². The van der Waals surface area contributed by atoms with Gasteiger partial charge in [-0.3, -0.25) is 14.9 Å². The zero-order chi connectivity index (χ0) is 15.6. The van der Waals surface area contributed by atoms with Gasteiger partial charge in [0, 0.05) is 10.2 Å². The van der Waals surface area contributed by atoms with E-state index in [9.17, 15) is 14.9 Å². The fourth-order valence-electron chi connectivity index (χ4n) is 1.80. The Balaban J connectivity index is 2.36. The summed E-state index contributed by atoms with van der Waals surface area (Å²) in [6, 6.07) is 6.50. The van der Waals surface area contributed by atoms with Crippen LogP contribution in [0.3, 0.4) is 0 Å². The summed E-state index contributed by atoms with van der Waals surface area (Å²) in [4.78, 5) is 26.1. The molecule has 21 heavy (non-hydrogen) atoms. The summed E-state index contributed by atoms with van der Waals surface area (Å²) in [7, 11) is 0. The summed E-state index contributed by atoms with van der Waals surface area (Å²) >= 11 is 3.32. The van der Waals surface area contributed by atoms with Crippen molar-refractivity contribution in [3.05, 3.63) is 56.2 Å². The van der Waals surface area contributed by atoms with Crippen molar-refractivity contribution in [3.63, 3.8) is 0 Å². The van der Waals surface area contributed by atoms with Gasteiger partial charge in [0.15, 0.2) is 0 Å². The van der Waals surface area contributed by atoms with Crippen molar-refractivity contribution in [2.75, 3.05) is 11.1 Å². The summed E-state index contributed by atoms with van der Waals surface area (Å²) in [5.74, 6) is -0.579. The van der Waals surface area contributed by atoms with Crippen molar-refractivity contribution in [2.45, 2.75) is 6.92 Å². The summed E-state index contributed by atoms with van der Waals surface area (Å²) in [5.41, 5.74) is 6.42. The standard InChI is InChI=1S/C13H11BrN4O3/c1-7-2-8(14)4-9(3-7)17-13(19)10-5-12(15)16-6-11(10)18(20)21/h2-6H,1H3,(H2,15,16)(H,17,19). The third kappa shape index (κ3) is 3.54. The maximum absolute atomic E-state index is 12.2. The molecule has 2 rings (SSSR count). The molecule has 1 aromatic carbocycles. The number of carbonyl (C=O) groups excluding carboxylic acids is 1. The second-order valence-corrected chi connectivity index (χ2v) is 5.27. The van der Waals surface area contributed by atoms with E-state index in [0.29, 0.717) is 5.69 Å². The normalized spacial score (nSPS) is 10.2. The van der Waals surface area contributed by atoms with Gasteiger partial charge in [-0.05, 0) is 36.8 Å². The number of nitrogens with one attached hydrogen (secondary N) is 1. The van der Waals surface area contributed by atoms with E-state index in [1.807, 2.05) is 13.0 Å². The minimum Gasteiger partial charge on any atom is -0.384 e. The zero-order valence-electron chi connectivity index (χ0n) is 11.0. The molecule has 0 bridgehead atoms. The molecule has 0 aliphatic heterocycles. The molecule has 1 heterocycles. The number of nitrogen functional groups attached to an aromatic ring is 1. The lowest BCUT2D eigenvalue weighted by atomic mass is 10.2. The van der Waals surface area contributed by atoms with Crippen LogP contribution in [0.4, 0.5) is 17.2 Å². The summed E-state index contributed by atoms with van der Waals surface area (Å²) < 4.78 is 0.793. The monoisotopic (exact) mass is 350 g/mol. The number of hydrogen-bond acceptors (Lipinski definition) is 5. The van der Waals surface area contributed by atoms with Crippen molar-refractivity contribution in [2.24, 2.45) is 0 Å². The zero-order valence-corrected chi connectivity index (χ0v) is 12.5. The maximum atomic E-state index is 12.2. The fourth-order valence-corrected chi connectivity index (χ4v) is 2.41. The van der Waals surface area contributed by atoms with Crippen LogP contribution in [-0.2, 0) is 0 Å². The van der Waals surface area contributed by atoms with E-state index in [1.165, 1.54) is 6.07 Å². The number of anilines is 2. The molecule has 0 spiro atoms. The Morgan fingerprint density at radius 3 is 2.71 bits per heavy atom. The van der Waals surface area contributed by atoms with Gasteiger partial charge in [0.05, 0.1) is 4.92 Å². The lowest BCUT2D eigenvalue weighted by Crippen LogP contribution is -2.15. The van der Waals surface area contributed by atoms with Crippen LogP contribution in [0.5, 0.6) is 0 Å². The smallest absolute Gasteiger partial charge is 0.300 e. The second-order valence-electron chi connectivity index (χ2n) is 4.35. The number of aryl methyl sites for hydroxylation is 1. The molecule has 7 nitrogen and oxygen atoms in total. The molecule has 0 aliphatic rings. The molecule has 0 saturated carbocycles. The quantitative estimate of drug-likeness (QED) is 0.652. The van der Waals surface area contributed by atoms with E-state index in [-0.39, 0.29) is 11.4 Å². The Labute approximate surface area is 128 Å². The van der Waals surface area contributed by atoms with Gasteiger partial charge in [-0.25, -0.2) is 4.98 Å². The molecular weight excluding hydrogens is 340 g/mol. The number of rotatable bonds is 3. The molecule has 2 aromatic rings. The predicted octanol–water partition coefficient (Wildman–Crippen LogP) is 2.90. The Morgan fingerprint density at radius 2 is 2.10 bits per heavy atom. The minimum absolute atomic E-state index is 0.0381. The van der Waals surface area contributed by atoms with Crippen LogP contribution in [0.15, 0.2) is 34.9 Å². The van der Waals surface area contributed by atoms with Crippen molar-refractivity contribution < 1.29 is 9.72 Å². The van der Waals surface area contributed by atoms with Gasteiger partial charge >= 0.3 is 0 Å². The maximum Gasteiger partial charge on any atom is 0.300 e. The summed E-state index contributed by atoms with van der Waals surface area (Å²) in [5, 5.41) is 13.5. The second kappa shape index (κ2) is 5.88. The highest BCUT2D eigenvalue weighted by Gasteiger charge is 2.21. The van der Waals surface area contributed by atoms with Crippen LogP contribution in [0, 0.1) is 17.0 Å². The molecule has 0 fully saturated rings. The Kier molecular flexibility index (Phi) is 4.18. The molecule has 1 aromatic heterocycles. The summed E-state index contributed by atoms with van der Waals surface area (Å²) in [6.07, 6.45) is 0.969. The number of halogens is 1. The first-order chi connectivity index (χ1) is 9.86. The van der Waals surface area contributed by atoms with Crippen molar-refractivity contribution in [1.82, 2.24) is 4.98 Å². The molecule has 0 aliphatic carbocycles. The highest BCUT2D eigenvalue weighted by atomic mass is 79.9. The molecule has 108 valence electrons. The molecule has 8 heteroatoms. The molecule has 0 atom stereocenters. The first-order valence-electron chi connectivity index (χ1n) is 5.85. The van der Waals surface area contributed by atoms with Crippen molar-refractivity contribution >= 4 is 39.0 Å². The van der Waals surface area contributed by atoms with E-state index in [0.717, 1.165) is 16.2 Å². The Hall–Kier alpha value is -2.48. The van der Waals surface area contributed by atoms with E-state index < -0.39 is 16.5 Å². The average Bonchev–Trinajstić information content (AvgIpc) is 2.36. The van der Waals surface area contributed by atoms with E-state index in [1.54, 1.807) is 12.1 Å². The topological polar surface area (TPSA) is 111 Å². The van der Waals surface area contributed by atoms with Crippen LogP contribution in [0.25, 0.3) is 0 Å². The van der Waals surface area contributed by atoms with Crippen LogP contribution in [0.1, 0.15) is 15.9 Å². The molecule has 3 N–H and O–H groups in total. The van der Waals surface area contributed by atoms with Gasteiger partial charge in [-0.2, -0.15) is 0 Å². The number of carbonyl (C=O) groups is 1.